The summed E-state index contributed by atoms with van der Waals surface area (Å²) in [5, 5.41) is 2.63. The number of hydrogen-bond acceptors (Lipinski definition) is 4. The third kappa shape index (κ3) is 4.03. The second-order valence-electron chi connectivity index (χ2n) is 7.44. The lowest BCUT2D eigenvalue weighted by Crippen LogP contribution is -2.44. The average molecular weight is 425 g/mol. The molecule has 0 aliphatic carbocycles. The first kappa shape index (κ1) is 21.8. The van der Waals surface area contributed by atoms with Crippen molar-refractivity contribution in [3.63, 3.8) is 0 Å². The van der Waals surface area contributed by atoms with Crippen molar-refractivity contribution in [2.45, 2.75) is 37.8 Å². The number of carbonyl (C=O) groups is 4. The first-order valence-electron chi connectivity index (χ1n) is 9.65. The van der Waals surface area contributed by atoms with Crippen LogP contribution in [-0.4, -0.2) is 59.6 Å². The van der Waals surface area contributed by atoms with Gasteiger partial charge in [-0.2, -0.15) is 13.2 Å². The molecule has 0 bridgehead atoms. The molecular formula is C20H22F3N3O4. The van der Waals surface area contributed by atoms with E-state index in [1.807, 2.05) is 0 Å². The largest absolute Gasteiger partial charge is 0.416 e. The number of rotatable bonds is 4. The van der Waals surface area contributed by atoms with E-state index in [-0.39, 0.29) is 50.5 Å². The first-order chi connectivity index (χ1) is 14.1. The monoisotopic (exact) mass is 425 g/mol. The molecule has 0 spiro atoms. The summed E-state index contributed by atoms with van der Waals surface area (Å²) in [6.07, 6.45) is -5.36. The zero-order valence-corrected chi connectivity index (χ0v) is 16.4. The molecule has 7 nitrogen and oxygen atoms in total. The highest BCUT2D eigenvalue weighted by molar-refractivity contribution is 6.10. The fraction of sp³-hybridized carbons (Fsp3) is 0.500. The van der Waals surface area contributed by atoms with Gasteiger partial charge in [-0.15, -0.1) is 0 Å². The Morgan fingerprint density at radius 1 is 1.20 bits per heavy atom. The van der Waals surface area contributed by atoms with Crippen LogP contribution in [0.1, 0.15) is 37.3 Å². The van der Waals surface area contributed by atoms with Gasteiger partial charge in [0, 0.05) is 45.4 Å². The molecule has 3 rings (SSSR count). The molecule has 2 aliphatic rings. The smallest absolute Gasteiger partial charge is 0.354 e. The van der Waals surface area contributed by atoms with Gasteiger partial charge in [0.25, 0.3) is 0 Å². The quantitative estimate of drug-likeness (QED) is 0.740. The van der Waals surface area contributed by atoms with Gasteiger partial charge in [-0.05, 0) is 18.6 Å². The Balaban J connectivity index is 2.00. The Hall–Kier alpha value is -2.91. The lowest BCUT2D eigenvalue weighted by atomic mass is 9.75. The molecule has 1 N–H and O–H groups in total. The molecule has 1 aromatic rings. The SMILES string of the molecule is CCN1C(=O)CC(CC(=O)N2CCNC(=O)CC2)(c2cccc(C(F)(F)F)c2)C1=O. The summed E-state index contributed by atoms with van der Waals surface area (Å²) in [6.45, 7) is 2.27. The molecule has 1 aromatic carbocycles. The summed E-state index contributed by atoms with van der Waals surface area (Å²) in [5.74, 6) is -1.89. The molecule has 2 fully saturated rings. The minimum Gasteiger partial charge on any atom is -0.354 e. The minimum atomic E-state index is -4.63. The summed E-state index contributed by atoms with van der Waals surface area (Å²) in [5.41, 5.74) is -2.66. The number of likely N-dealkylation sites (tertiary alicyclic amines) is 1. The van der Waals surface area contributed by atoms with Crippen LogP contribution < -0.4 is 5.32 Å². The first-order valence-corrected chi connectivity index (χ1v) is 9.65. The van der Waals surface area contributed by atoms with E-state index in [0.717, 1.165) is 17.0 Å². The van der Waals surface area contributed by atoms with Crippen LogP contribution in [-0.2, 0) is 30.8 Å². The molecule has 162 valence electrons. The zero-order chi connectivity index (χ0) is 22.1. The highest BCUT2D eigenvalue weighted by Crippen LogP contribution is 2.42. The Morgan fingerprint density at radius 2 is 1.93 bits per heavy atom. The summed E-state index contributed by atoms with van der Waals surface area (Å²) in [4.78, 5) is 52.5. The number of carbonyl (C=O) groups excluding carboxylic acids is 4. The number of halogens is 3. The number of likely N-dealkylation sites (N-methyl/N-ethyl adjacent to an activating group) is 1. The summed E-state index contributed by atoms with van der Waals surface area (Å²) in [7, 11) is 0. The van der Waals surface area contributed by atoms with Crippen LogP contribution in [0.4, 0.5) is 13.2 Å². The van der Waals surface area contributed by atoms with Crippen LogP contribution in [0, 0.1) is 0 Å². The number of hydrogen-bond donors (Lipinski definition) is 1. The van der Waals surface area contributed by atoms with Gasteiger partial charge >= 0.3 is 6.18 Å². The summed E-state index contributed by atoms with van der Waals surface area (Å²) >= 11 is 0. The van der Waals surface area contributed by atoms with Gasteiger partial charge in [0.1, 0.15) is 0 Å². The van der Waals surface area contributed by atoms with E-state index in [4.69, 9.17) is 0 Å². The van der Waals surface area contributed by atoms with Gasteiger partial charge in [-0.25, -0.2) is 0 Å². The van der Waals surface area contributed by atoms with E-state index >= 15 is 0 Å². The van der Waals surface area contributed by atoms with E-state index in [1.165, 1.54) is 17.0 Å². The standard InChI is InChI=1S/C20H22F3N3O4/c1-2-26-17(29)12-19(18(26)30,13-4-3-5-14(10-13)20(21,22)23)11-16(28)25-8-6-15(27)24-7-9-25/h3-5,10H,2,6-9,11-12H2,1H3,(H,24,27). The number of amides is 4. The van der Waals surface area contributed by atoms with Crippen molar-refractivity contribution in [1.82, 2.24) is 15.1 Å². The lowest BCUT2D eigenvalue weighted by molar-refractivity contribution is -0.143. The molecule has 1 atom stereocenters. The Labute approximate surface area is 171 Å². The van der Waals surface area contributed by atoms with Crippen molar-refractivity contribution in [3.8, 4) is 0 Å². The van der Waals surface area contributed by atoms with E-state index in [1.54, 1.807) is 6.92 Å². The number of nitrogens with zero attached hydrogens (tertiary/aromatic N) is 2. The maximum atomic E-state index is 13.3. The Bertz CT molecular complexity index is 886. The van der Waals surface area contributed by atoms with E-state index in [9.17, 15) is 32.3 Å². The lowest BCUT2D eigenvalue weighted by Gasteiger charge is -2.30. The third-order valence-corrected chi connectivity index (χ3v) is 5.59. The van der Waals surface area contributed by atoms with Crippen molar-refractivity contribution in [2.75, 3.05) is 26.2 Å². The summed E-state index contributed by atoms with van der Waals surface area (Å²) in [6, 6.07) is 4.24. The second kappa shape index (κ2) is 8.08. The highest BCUT2D eigenvalue weighted by Gasteiger charge is 2.54. The van der Waals surface area contributed by atoms with Crippen LogP contribution in [0.15, 0.2) is 24.3 Å². The van der Waals surface area contributed by atoms with Crippen LogP contribution >= 0.6 is 0 Å². The molecule has 2 aliphatic heterocycles. The molecular weight excluding hydrogens is 403 g/mol. The van der Waals surface area contributed by atoms with Crippen molar-refractivity contribution in [2.24, 2.45) is 0 Å². The van der Waals surface area contributed by atoms with E-state index in [0.29, 0.717) is 0 Å². The van der Waals surface area contributed by atoms with Crippen molar-refractivity contribution >= 4 is 23.6 Å². The van der Waals surface area contributed by atoms with Crippen molar-refractivity contribution in [1.29, 1.82) is 0 Å². The molecule has 2 heterocycles. The molecule has 10 heteroatoms. The third-order valence-electron chi connectivity index (χ3n) is 5.59. The van der Waals surface area contributed by atoms with Crippen molar-refractivity contribution in [3.05, 3.63) is 35.4 Å². The minimum absolute atomic E-state index is 0.0102. The fourth-order valence-electron chi connectivity index (χ4n) is 3.97. The van der Waals surface area contributed by atoms with Gasteiger partial charge in [-0.1, -0.05) is 18.2 Å². The molecule has 0 radical (unpaired) electrons. The van der Waals surface area contributed by atoms with E-state index in [2.05, 4.69) is 5.32 Å². The van der Waals surface area contributed by atoms with E-state index < -0.39 is 41.3 Å². The van der Waals surface area contributed by atoms with Crippen LogP contribution in [0.5, 0.6) is 0 Å². The Kier molecular flexibility index (Phi) is 5.87. The van der Waals surface area contributed by atoms with Gasteiger partial charge < -0.3 is 10.2 Å². The predicted molar refractivity (Wildman–Crippen MR) is 99.0 cm³/mol. The topological polar surface area (TPSA) is 86.8 Å². The van der Waals surface area contributed by atoms with Crippen LogP contribution in [0.25, 0.3) is 0 Å². The zero-order valence-electron chi connectivity index (χ0n) is 16.4. The normalized spacial score (nSPS) is 22.9. The maximum absolute atomic E-state index is 13.3. The fourth-order valence-corrected chi connectivity index (χ4v) is 3.97. The average Bonchev–Trinajstić information content (AvgIpc) is 2.82. The van der Waals surface area contributed by atoms with Gasteiger partial charge in [0.05, 0.1) is 11.0 Å². The van der Waals surface area contributed by atoms with Gasteiger partial charge in [-0.3, -0.25) is 24.1 Å². The second-order valence-corrected chi connectivity index (χ2v) is 7.44. The number of benzene rings is 1. The Morgan fingerprint density at radius 3 is 2.57 bits per heavy atom. The van der Waals surface area contributed by atoms with Crippen LogP contribution in [0.3, 0.4) is 0 Å². The molecule has 0 saturated carbocycles. The van der Waals surface area contributed by atoms with Gasteiger partial charge in [0.15, 0.2) is 0 Å². The maximum Gasteiger partial charge on any atom is 0.416 e. The number of imide groups is 1. The molecule has 1 unspecified atom stereocenters. The molecule has 4 amide bonds. The molecule has 30 heavy (non-hydrogen) atoms. The predicted octanol–water partition coefficient (Wildman–Crippen LogP) is 1.46. The molecule has 0 aromatic heterocycles. The summed E-state index contributed by atoms with van der Waals surface area (Å²) < 4.78 is 39.8. The van der Waals surface area contributed by atoms with Crippen LogP contribution in [0.2, 0.25) is 0 Å². The van der Waals surface area contributed by atoms with Gasteiger partial charge in [0.2, 0.25) is 23.6 Å². The molecule has 2 saturated heterocycles. The number of nitrogens with one attached hydrogen (secondary N) is 1. The van der Waals surface area contributed by atoms with Crippen molar-refractivity contribution < 1.29 is 32.3 Å². The number of alkyl halides is 3. The highest BCUT2D eigenvalue weighted by atomic mass is 19.4.